The van der Waals surface area contributed by atoms with Gasteiger partial charge in [0.05, 0.1) is 8.07 Å². The van der Waals surface area contributed by atoms with E-state index in [1.165, 1.54) is 77.2 Å². The Labute approximate surface area is 305 Å². The molecule has 0 saturated heterocycles. The first-order valence-electron chi connectivity index (χ1n) is 15.5. The van der Waals surface area contributed by atoms with Gasteiger partial charge in [0, 0.05) is 11.1 Å². The Balaban J connectivity index is 0.00000139. The summed E-state index contributed by atoms with van der Waals surface area (Å²) < 4.78 is 0. The van der Waals surface area contributed by atoms with Crippen LogP contribution in [-0.4, -0.2) is 8.07 Å². The van der Waals surface area contributed by atoms with Crippen LogP contribution < -0.4 is 24.8 Å². The van der Waals surface area contributed by atoms with Gasteiger partial charge >= 0.3 is 26.2 Å². The largest absolute Gasteiger partial charge is 2.00 e. The van der Waals surface area contributed by atoms with Gasteiger partial charge in [-0.15, -0.1) is 0 Å². The number of hydrogen-bond donors (Lipinski definition) is 0. The zero-order valence-corrected chi connectivity index (χ0v) is 31.6. The van der Waals surface area contributed by atoms with Crippen molar-refractivity contribution in [3.05, 3.63) is 155 Å². The molecule has 2 unspecified atom stereocenters. The fourth-order valence-corrected chi connectivity index (χ4v) is 13.6. The second kappa shape index (κ2) is 13.2. The third-order valence-corrected chi connectivity index (χ3v) is 14.7. The van der Waals surface area contributed by atoms with Crippen molar-refractivity contribution >= 4 is 41.8 Å². The second-order valence-electron chi connectivity index (χ2n) is 13.1. The summed E-state index contributed by atoms with van der Waals surface area (Å²) in [5, 5.41) is 5.25. The molecule has 0 aliphatic heterocycles. The predicted octanol–water partition coefficient (Wildman–Crippen LogP) is 5.82. The summed E-state index contributed by atoms with van der Waals surface area (Å²) in [6, 6.07) is 45.1. The Hall–Kier alpha value is -3.00. The van der Waals surface area contributed by atoms with Gasteiger partial charge in [-0.2, -0.15) is 0 Å². The third kappa shape index (κ3) is 5.32. The molecule has 0 aromatic heterocycles. The smallest absolute Gasteiger partial charge is 1.00 e. The Bertz CT molecular complexity index is 2000. The van der Waals surface area contributed by atoms with E-state index >= 15 is 0 Å². The van der Waals surface area contributed by atoms with Gasteiger partial charge in [0.15, 0.2) is 0 Å². The van der Waals surface area contributed by atoms with E-state index in [1.54, 1.807) is 0 Å². The van der Waals surface area contributed by atoms with E-state index < -0.39 is 8.07 Å². The van der Waals surface area contributed by atoms with E-state index in [4.69, 9.17) is 0 Å². The van der Waals surface area contributed by atoms with Crippen molar-refractivity contribution in [2.75, 3.05) is 0 Å². The van der Waals surface area contributed by atoms with Crippen LogP contribution in [0, 0.1) is 0 Å². The molecule has 0 fully saturated rings. The van der Waals surface area contributed by atoms with E-state index in [0.717, 1.165) is 0 Å². The quantitative estimate of drug-likeness (QED) is 0.201. The number of benzene rings is 6. The van der Waals surface area contributed by atoms with Crippen LogP contribution in [0.4, 0.5) is 0 Å². The molecule has 0 spiro atoms. The van der Waals surface area contributed by atoms with Crippen LogP contribution >= 0.6 is 0 Å². The molecule has 4 heteroatoms. The van der Waals surface area contributed by atoms with Crippen LogP contribution in [0.5, 0.6) is 0 Å². The van der Waals surface area contributed by atoms with Crippen LogP contribution in [0.25, 0.3) is 56.0 Å². The van der Waals surface area contributed by atoms with E-state index in [-0.39, 0.29) is 51.0 Å². The molecule has 0 saturated carbocycles. The van der Waals surface area contributed by atoms with Crippen LogP contribution in [-0.2, 0) is 26.2 Å². The monoisotopic (exact) mass is 728 g/mol. The molecule has 0 nitrogen and oxygen atoms in total. The number of rotatable bonds is 4. The topological polar surface area (TPSA) is 0 Å². The molecular weight excluding hydrogens is 695 g/mol. The molecular formula is C42H36Cl2SiZr. The van der Waals surface area contributed by atoms with Crippen molar-refractivity contribution in [3.63, 3.8) is 0 Å². The van der Waals surface area contributed by atoms with Crippen molar-refractivity contribution in [2.24, 2.45) is 0 Å². The second-order valence-corrected chi connectivity index (χ2v) is 17.9. The molecule has 0 bridgehead atoms. The Kier molecular flexibility index (Phi) is 9.89. The summed E-state index contributed by atoms with van der Waals surface area (Å²) in [7, 11) is -1.96. The fourth-order valence-electron chi connectivity index (χ4n) is 8.64. The molecule has 2 aliphatic rings. The van der Waals surface area contributed by atoms with Gasteiger partial charge in [-0.1, -0.05) is 158 Å². The minimum absolute atomic E-state index is 0. The molecule has 0 amide bonds. The zero-order valence-electron chi connectivity index (χ0n) is 26.6. The normalized spacial score (nSPS) is 16.4. The van der Waals surface area contributed by atoms with Crippen molar-refractivity contribution in [1.29, 1.82) is 0 Å². The minimum atomic E-state index is -1.96. The van der Waals surface area contributed by atoms with Crippen LogP contribution in [0.2, 0.25) is 13.1 Å². The van der Waals surface area contributed by atoms with E-state index in [0.29, 0.717) is 11.1 Å². The van der Waals surface area contributed by atoms with Crippen LogP contribution in [0.15, 0.2) is 132 Å². The summed E-state index contributed by atoms with van der Waals surface area (Å²) in [5.41, 5.74) is 15.3. The maximum atomic E-state index is 2.64. The Morgan fingerprint density at radius 1 is 0.435 bits per heavy atom. The number of hydrogen-bond acceptors (Lipinski definition) is 0. The molecule has 0 N–H and O–H groups in total. The molecule has 0 heterocycles. The average Bonchev–Trinajstić information content (AvgIpc) is 3.56. The summed E-state index contributed by atoms with van der Waals surface area (Å²) in [5.74, 6) is 0. The van der Waals surface area contributed by atoms with Crippen LogP contribution in [0.3, 0.4) is 0 Å². The number of allylic oxidation sites excluding steroid dienone is 2. The maximum Gasteiger partial charge on any atom is 2.00 e. The molecule has 6 aromatic carbocycles. The first-order chi connectivity index (χ1) is 20.9. The van der Waals surface area contributed by atoms with Crippen molar-refractivity contribution < 1.29 is 51.0 Å². The van der Waals surface area contributed by atoms with Crippen LogP contribution in [0.1, 0.15) is 47.2 Å². The average molecular weight is 731 g/mol. The molecule has 2 atom stereocenters. The third-order valence-electron chi connectivity index (χ3n) is 10.2. The number of fused-ring (bicyclic) bond motifs is 4. The summed E-state index contributed by atoms with van der Waals surface area (Å²) in [6.07, 6.45) is 5.01. The minimum Gasteiger partial charge on any atom is -1.00 e. The van der Waals surface area contributed by atoms with Gasteiger partial charge in [-0.25, -0.2) is 0 Å². The Morgan fingerprint density at radius 2 is 0.783 bits per heavy atom. The first kappa shape index (κ1) is 34.3. The molecule has 0 radical (unpaired) electrons. The predicted molar refractivity (Wildman–Crippen MR) is 189 cm³/mol. The van der Waals surface area contributed by atoms with Gasteiger partial charge in [-0.05, 0) is 79.9 Å². The summed E-state index contributed by atoms with van der Waals surface area (Å²) in [6.45, 7) is 10.0. The first-order valence-corrected chi connectivity index (χ1v) is 18.7. The summed E-state index contributed by atoms with van der Waals surface area (Å²) >= 11 is 0. The zero-order chi connectivity index (χ0) is 29.3. The molecule has 6 aromatic rings. The molecule has 2 aliphatic carbocycles. The van der Waals surface area contributed by atoms with Crippen molar-refractivity contribution in [3.8, 4) is 22.3 Å². The Morgan fingerprint density at radius 3 is 1.22 bits per heavy atom. The summed E-state index contributed by atoms with van der Waals surface area (Å²) in [4.78, 5) is 0. The van der Waals surface area contributed by atoms with E-state index in [2.05, 4.69) is 160 Å². The van der Waals surface area contributed by atoms with Gasteiger partial charge in [-0.3, -0.25) is 0 Å². The van der Waals surface area contributed by atoms with E-state index in [1.807, 2.05) is 0 Å². The standard InChI is InChI=1S/C42H36Si.2ClH.Zr/c1-27-25-39-35(33-19-9-15-29-13-5-7-17-31(29)33)21-11-23-37(39)41(27)43(3,4)42-28(2)26-40-36(22-12-24-38(40)42)34-20-10-16-30-14-6-8-18-32(30)34;;;/h5-26,41-42H,1-4H3;2*1H;/q;;;+2/p-2. The van der Waals surface area contributed by atoms with Gasteiger partial charge in [0.1, 0.15) is 0 Å². The fraction of sp³-hybridized carbons (Fsp3) is 0.143. The van der Waals surface area contributed by atoms with Gasteiger partial charge < -0.3 is 24.8 Å². The van der Waals surface area contributed by atoms with Gasteiger partial charge in [0.2, 0.25) is 0 Å². The SMILES string of the molecule is CC1=Cc2c(-c3cccc4ccccc34)cccc2C1[Si](C)(C)C1C(C)=Cc2c(-c3cccc4ccccc34)cccc21.[Cl-].[Cl-].[Zr+2]. The van der Waals surface area contributed by atoms with Gasteiger partial charge in [0.25, 0.3) is 0 Å². The van der Waals surface area contributed by atoms with Crippen molar-refractivity contribution in [2.45, 2.75) is 38.0 Å². The number of halogens is 2. The molecule has 226 valence electrons. The van der Waals surface area contributed by atoms with E-state index in [9.17, 15) is 0 Å². The molecule has 46 heavy (non-hydrogen) atoms. The maximum absolute atomic E-state index is 2.64. The molecule has 8 rings (SSSR count). The van der Waals surface area contributed by atoms with Crippen molar-refractivity contribution in [1.82, 2.24) is 0 Å².